The second-order valence-corrected chi connectivity index (χ2v) is 4.81. The molecule has 0 radical (unpaired) electrons. The number of rotatable bonds is 3. The highest BCUT2D eigenvalue weighted by Gasteiger charge is 2.23. The van der Waals surface area contributed by atoms with Crippen LogP contribution in [0.1, 0.15) is 26.7 Å². The lowest BCUT2D eigenvalue weighted by Crippen LogP contribution is -2.53. The summed E-state index contributed by atoms with van der Waals surface area (Å²) in [7, 11) is 2.18. The maximum absolute atomic E-state index is 5.68. The molecule has 0 unspecified atom stereocenters. The number of hydrogen-bond acceptors (Lipinski definition) is 3. The standard InChI is InChI=1S/C10H23N3/c1-10(2,8-11)12-9-4-6-13(3)7-5-9/h9,12H,4-8,11H2,1-3H3. The van der Waals surface area contributed by atoms with E-state index < -0.39 is 0 Å². The van der Waals surface area contributed by atoms with Gasteiger partial charge in [0.1, 0.15) is 0 Å². The van der Waals surface area contributed by atoms with Gasteiger partial charge < -0.3 is 16.0 Å². The largest absolute Gasteiger partial charge is 0.329 e. The Kier molecular flexibility index (Phi) is 3.71. The molecule has 1 heterocycles. The van der Waals surface area contributed by atoms with Crippen LogP contribution < -0.4 is 11.1 Å². The summed E-state index contributed by atoms with van der Waals surface area (Å²) in [5.74, 6) is 0. The Morgan fingerprint density at radius 3 is 2.38 bits per heavy atom. The Hall–Kier alpha value is -0.120. The van der Waals surface area contributed by atoms with Crippen LogP contribution in [0.15, 0.2) is 0 Å². The predicted octanol–water partition coefficient (Wildman–Crippen LogP) is 0.408. The molecule has 1 rings (SSSR count). The molecule has 0 aromatic heterocycles. The number of nitrogens with zero attached hydrogens (tertiary/aromatic N) is 1. The molecular weight excluding hydrogens is 162 g/mol. The number of nitrogens with one attached hydrogen (secondary N) is 1. The van der Waals surface area contributed by atoms with Crippen LogP contribution in [0.25, 0.3) is 0 Å². The summed E-state index contributed by atoms with van der Waals surface area (Å²) in [5, 5.41) is 3.61. The van der Waals surface area contributed by atoms with Crippen molar-refractivity contribution in [1.82, 2.24) is 10.2 Å². The summed E-state index contributed by atoms with van der Waals surface area (Å²) in [6, 6.07) is 0.662. The highest BCUT2D eigenvalue weighted by atomic mass is 15.1. The lowest BCUT2D eigenvalue weighted by molar-refractivity contribution is 0.207. The summed E-state index contributed by atoms with van der Waals surface area (Å²) in [6.45, 7) is 7.46. The van der Waals surface area contributed by atoms with Crippen molar-refractivity contribution in [3.8, 4) is 0 Å². The molecule has 0 aromatic rings. The highest BCUT2D eigenvalue weighted by molar-refractivity contribution is 4.85. The minimum absolute atomic E-state index is 0.0978. The summed E-state index contributed by atoms with van der Waals surface area (Å²) in [6.07, 6.45) is 2.50. The van der Waals surface area contributed by atoms with Gasteiger partial charge in [-0.2, -0.15) is 0 Å². The fraction of sp³-hybridized carbons (Fsp3) is 1.00. The van der Waals surface area contributed by atoms with E-state index in [1.54, 1.807) is 0 Å². The maximum Gasteiger partial charge on any atom is 0.0250 e. The molecule has 1 fully saturated rings. The third-order valence-electron chi connectivity index (χ3n) is 2.82. The van der Waals surface area contributed by atoms with Crippen LogP contribution in [0.3, 0.4) is 0 Å². The first-order valence-electron chi connectivity index (χ1n) is 5.20. The fourth-order valence-electron chi connectivity index (χ4n) is 1.76. The molecule has 0 atom stereocenters. The summed E-state index contributed by atoms with van der Waals surface area (Å²) >= 11 is 0. The van der Waals surface area contributed by atoms with Crippen molar-refractivity contribution in [3.05, 3.63) is 0 Å². The summed E-state index contributed by atoms with van der Waals surface area (Å²) in [4.78, 5) is 2.38. The van der Waals surface area contributed by atoms with E-state index in [2.05, 4.69) is 31.1 Å². The number of piperidine rings is 1. The molecule has 0 amide bonds. The van der Waals surface area contributed by atoms with Crippen LogP contribution in [0, 0.1) is 0 Å². The molecule has 0 aliphatic carbocycles. The molecular formula is C10H23N3. The molecule has 78 valence electrons. The van der Waals surface area contributed by atoms with E-state index in [1.807, 2.05) is 0 Å². The lowest BCUT2D eigenvalue weighted by atomic mass is 9.99. The van der Waals surface area contributed by atoms with Gasteiger partial charge in [-0.1, -0.05) is 0 Å². The van der Waals surface area contributed by atoms with Gasteiger partial charge in [0, 0.05) is 18.1 Å². The van der Waals surface area contributed by atoms with E-state index in [9.17, 15) is 0 Å². The van der Waals surface area contributed by atoms with Crippen molar-refractivity contribution >= 4 is 0 Å². The molecule has 0 saturated carbocycles. The minimum Gasteiger partial charge on any atom is -0.329 e. The first-order chi connectivity index (χ1) is 6.03. The molecule has 13 heavy (non-hydrogen) atoms. The van der Waals surface area contributed by atoms with Crippen molar-refractivity contribution in [1.29, 1.82) is 0 Å². The third kappa shape index (κ3) is 3.63. The average Bonchev–Trinajstić information content (AvgIpc) is 2.09. The highest BCUT2D eigenvalue weighted by Crippen LogP contribution is 2.12. The molecule has 0 spiro atoms. The molecule has 3 heteroatoms. The number of nitrogens with two attached hydrogens (primary N) is 1. The van der Waals surface area contributed by atoms with Crippen molar-refractivity contribution in [3.63, 3.8) is 0 Å². The Morgan fingerprint density at radius 1 is 1.38 bits per heavy atom. The van der Waals surface area contributed by atoms with Crippen molar-refractivity contribution in [2.75, 3.05) is 26.7 Å². The normalized spacial score (nSPS) is 22.2. The van der Waals surface area contributed by atoms with Crippen LogP contribution in [0.4, 0.5) is 0 Å². The fourth-order valence-corrected chi connectivity index (χ4v) is 1.76. The zero-order valence-electron chi connectivity index (χ0n) is 9.14. The van der Waals surface area contributed by atoms with Gasteiger partial charge in [-0.3, -0.25) is 0 Å². The predicted molar refractivity (Wildman–Crippen MR) is 56.8 cm³/mol. The van der Waals surface area contributed by atoms with Crippen LogP contribution in [-0.2, 0) is 0 Å². The van der Waals surface area contributed by atoms with Crippen molar-refractivity contribution < 1.29 is 0 Å². The minimum atomic E-state index is 0.0978. The third-order valence-corrected chi connectivity index (χ3v) is 2.82. The van der Waals surface area contributed by atoms with Crippen LogP contribution in [0.5, 0.6) is 0 Å². The lowest BCUT2D eigenvalue weighted by Gasteiger charge is -2.35. The second-order valence-electron chi connectivity index (χ2n) is 4.81. The first kappa shape index (κ1) is 11.0. The Morgan fingerprint density at radius 2 is 1.92 bits per heavy atom. The Balaban J connectivity index is 2.30. The van der Waals surface area contributed by atoms with E-state index in [0.29, 0.717) is 12.6 Å². The monoisotopic (exact) mass is 185 g/mol. The zero-order valence-corrected chi connectivity index (χ0v) is 9.14. The van der Waals surface area contributed by atoms with Gasteiger partial charge in [-0.15, -0.1) is 0 Å². The van der Waals surface area contributed by atoms with E-state index in [-0.39, 0.29) is 5.54 Å². The average molecular weight is 185 g/mol. The van der Waals surface area contributed by atoms with E-state index in [1.165, 1.54) is 25.9 Å². The molecule has 3 N–H and O–H groups in total. The Labute approximate surface area is 81.7 Å². The van der Waals surface area contributed by atoms with Crippen LogP contribution >= 0.6 is 0 Å². The molecule has 0 bridgehead atoms. The number of hydrogen-bond donors (Lipinski definition) is 2. The summed E-state index contributed by atoms with van der Waals surface area (Å²) < 4.78 is 0. The molecule has 1 saturated heterocycles. The molecule has 0 aromatic carbocycles. The van der Waals surface area contributed by atoms with Crippen LogP contribution in [0.2, 0.25) is 0 Å². The van der Waals surface area contributed by atoms with Crippen molar-refractivity contribution in [2.24, 2.45) is 5.73 Å². The van der Waals surface area contributed by atoms with Gasteiger partial charge in [-0.25, -0.2) is 0 Å². The van der Waals surface area contributed by atoms with Gasteiger partial charge >= 0.3 is 0 Å². The first-order valence-corrected chi connectivity index (χ1v) is 5.20. The molecule has 3 nitrogen and oxygen atoms in total. The topological polar surface area (TPSA) is 41.3 Å². The van der Waals surface area contributed by atoms with Gasteiger partial charge in [-0.05, 0) is 46.8 Å². The quantitative estimate of drug-likeness (QED) is 0.669. The van der Waals surface area contributed by atoms with Crippen molar-refractivity contribution in [2.45, 2.75) is 38.3 Å². The SMILES string of the molecule is CN1CCC(NC(C)(C)CN)CC1. The van der Waals surface area contributed by atoms with Gasteiger partial charge in [0.05, 0.1) is 0 Å². The number of likely N-dealkylation sites (tertiary alicyclic amines) is 1. The molecule has 1 aliphatic rings. The van der Waals surface area contributed by atoms with E-state index in [0.717, 1.165) is 0 Å². The maximum atomic E-state index is 5.68. The zero-order chi connectivity index (χ0) is 9.90. The van der Waals surface area contributed by atoms with Gasteiger partial charge in [0.2, 0.25) is 0 Å². The smallest absolute Gasteiger partial charge is 0.0250 e. The second kappa shape index (κ2) is 4.40. The molecule has 1 aliphatic heterocycles. The van der Waals surface area contributed by atoms with E-state index in [4.69, 9.17) is 5.73 Å². The van der Waals surface area contributed by atoms with Gasteiger partial charge in [0.25, 0.3) is 0 Å². The van der Waals surface area contributed by atoms with Gasteiger partial charge in [0.15, 0.2) is 0 Å². The Bertz CT molecular complexity index is 148. The van der Waals surface area contributed by atoms with E-state index >= 15 is 0 Å². The van der Waals surface area contributed by atoms with Crippen LogP contribution in [-0.4, -0.2) is 43.2 Å². The summed E-state index contributed by atoms with van der Waals surface area (Å²) in [5.41, 5.74) is 5.78.